The number of piperidine rings is 1. The molecule has 2 aromatic rings. The fourth-order valence-electron chi connectivity index (χ4n) is 3.93. The largest absolute Gasteiger partial charge is 0.340 e. The van der Waals surface area contributed by atoms with Crippen LogP contribution in [-0.2, 0) is 0 Å². The molecule has 4 rings (SSSR count). The highest BCUT2D eigenvalue weighted by molar-refractivity contribution is 7.99. The normalized spacial score (nSPS) is 17.8. The minimum Gasteiger partial charge on any atom is -0.340 e. The first-order valence-corrected chi connectivity index (χ1v) is 10.6. The SMILES string of the molecule is CC1CCN(CCCCN2c3ccccc3Sc3ccc(F)cc32)CC1. The van der Waals surface area contributed by atoms with E-state index in [2.05, 4.69) is 41.0 Å². The zero-order valence-corrected chi connectivity index (χ0v) is 16.3. The Balaban J connectivity index is 1.42. The number of hydrogen-bond acceptors (Lipinski definition) is 3. The zero-order valence-electron chi connectivity index (χ0n) is 15.5. The lowest BCUT2D eigenvalue weighted by Gasteiger charge is -2.33. The summed E-state index contributed by atoms with van der Waals surface area (Å²) < 4.78 is 13.9. The van der Waals surface area contributed by atoms with Crippen LogP contribution in [0, 0.1) is 11.7 Å². The number of likely N-dealkylation sites (tertiary alicyclic amines) is 1. The van der Waals surface area contributed by atoms with E-state index in [1.165, 1.54) is 49.5 Å². The summed E-state index contributed by atoms with van der Waals surface area (Å²) in [6.45, 7) is 6.99. The van der Waals surface area contributed by atoms with E-state index in [0.29, 0.717) is 0 Å². The van der Waals surface area contributed by atoms with Crippen LogP contribution in [0.1, 0.15) is 32.6 Å². The lowest BCUT2D eigenvalue weighted by atomic mass is 9.99. The van der Waals surface area contributed by atoms with E-state index in [-0.39, 0.29) is 5.82 Å². The minimum atomic E-state index is -0.156. The van der Waals surface area contributed by atoms with Crippen molar-refractivity contribution in [2.45, 2.75) is 42.4 Å². The van der Waals surface area contributed by atoms with Crippen LogP contribution in [0.2, 0.25) is 0 Å². The van der Waals surface area contributed by atoms with Gasteiger partial charge in [-0.15, -0.1) is 0 Å². The average Bonchev–Trinajstić information content (AvgIpc) is 2.66. The van der Waals surface area contributed by atoms with Crippen molar-refractivity contribution < 1.29 is 4.39 Å². The molecule has 0 saturated carbocycles. The van der Waals surface area contributed by atoms with Crippen LogP contribution in [0.5, 0.6) is 0 Å². The second kappa shape index (κ2) is 8.01. The molecule has 2 heterocycles. The van der Waals surface area contributed by atoms with Crippen LogP contribution in [0.3, 0.4) is 0 Å². The summed E-state index contributed by atoms with van der Waals surface area (Å²) in [6, 6.07) is 13.6. The molecule has 138 valence electrons. The number of nitrogens with zero attached hydrogens (tertiary/aromatic N) is 2. The predicted molar refractivity (Wildman–Crippen MR) is 108 cm³/mol. The van der Waals surface area contributed by atoms with E-state index < -0.39 is 0 Å². The molecule has 0 spiro atoms. The minimum absolute atomic E-state index is 0.156. The summed E-state index contributed by atoms with van der Waals surface area (Å²) in [5.41, 5.74) is 2.22. The van der Waals surface area contributed by atoms with Crippen molar-refractivity contribution in [2.24, 2.45) is 5.92 Å². The molecule has 0 amide bonds. The fourth-order valence-corrected chi connectivity index (χ4v) is 5.01. The Morgan fingerprint density at radius 1 is 0.962 bits per heavy atom. The van der Waals surface area contributed by atoms with Crippen LogP contribution in [-0.4, -0.2) is 31.1 Å². The third-order valence-electron chi connectivity index (χ3n) is 5.57. The molecule has 2 aliphatic heterocycles. The standard InChI is InChI=1S/C22H27FN2S/c1-17-10-14-24(15-11-17)12-4-5-13-25-19-6-2-3-7-21(19)26-22-9-8-18(23)16-20(22)25/h2-3,6-9,16-17H,4-5,10-15H2,1H3. The number of anilines is 2. The van der Waals surface area contributed by atoms with Crippen molar-refractivity contribution >= 4 is 23.1 Å². The van der Waals surface area contributed by atoms with E-state index in [9.17, 15) is 4.39 Å². The maximum atomic E-state index is 13.9. The highest BCUT2D eigenvalue weighted by atomic mass is 32.2. The summed E-state index contributed by atoms with van der Waals surface area (Å²) >= 11 is 1.74. The molecule has 0 N–H and O–H groups in total. The lowest BCUT2D eigenvalue weighted by molar-refractivity contribution is 0.190. The number of unbranched alkanes of at least 4 members (excludes halogenated alkanes) is 1. The van der Waals surface area contributed by atoms with Gasteiger partial charge in [0.15, 0.2) is 0 Å². The van der Waals surface area contributed by atoms with Gasteiger partial charge in [0.25, 0.3) is 0 Å². The Kier molecular flexibility index (Phi) is 5.51. The van der Waals surface area contributed by atoms with Gasteiger partial charge < -0.3 is 9.80 Å². The van der Waals surface area contributed by atoms with E-state index in [1.54, 1.807) is 23.9 Å². The van der Waals surface area contributed by atoms with Gasteiger partial charge in [-0.3, -0.25) is 0 Å². The van der Waals surface area contributed by atoms with Gasteiger partial charge in [-0.1, -0.05) is 30.8 Å². The van der Waals surface area contributed by atoms with Crippen LogP contribution in [0.25, 0.3) is 0 Å². The Morgan fingerprint density at radius 2 is 1.69 bits per heavy atom. The molecule has 2 aromatic carbocycles. The smallest absolute Gasteiger partial charge is 0.125 e. The van der Waals surface area contributed by atoms with Gasteiger partial charge in [-0.2, -0.15) is 0 Å². The topological polar surface area (TPSA) is 6.48 Å². The first kappa shape index (κ1) is 17.9. The van der Waals surface area contributed by atoms with Crippen molar-refractivity contribution in [1.82, 2.24) is 4.90 Å². The van der Waals surface area contributed by atoms with Crippen molar-refractivity contribution in [3.05, 3.63) is 48.3 Å². The molecule has 0 aromatic heterocycles. The summed E-state index contributed by atoms with van der Waals surface area (Å²) in [7, 11) is 0. The maximum absolute atomic E-state index is 13.9. The number of rotatable bonds is 5. The maximum Gasteiger partial charge on any atom is 0.125 e. The molecular weight excluding hydrogens is 343 g/mol. The van der Waals surface area contributed by atoms with Gasteiger partial charge in [0, 0.05) is 16.3 Å². The molecule has 0 atom stereocenters. The Bertz CT molecular complexity index is 756. The van der Waals surface area contributed by atoms with E-state index in [1.807, 2.05) is 6.07 Å². The summed E-state index contributed by atoms with van der Waals surface area (Å²) in [5, 5.41) is 0. The number of halogens is 1. The summed E-state index contributed by atoms with van der Waals surface area (Å²) in [4.78, 5) is 7.32. The summed E-state index contributed by atoms with van der Waals surface area (Å²) in [6.07, 6.45) is 5.00. The van der Waals surface area contributed by atoms with Crippen molar-refractivity contribution in [1.29, 1.82) is 0 Å². The third kappa shape index (κ3) is 3.91. The second-order valence-corrected chi connectivity index (χ2v) is 8.65. The molecule has 0 radical (unpaired) electrons. The van der Waals surface area contributed by atoms with Crippen LogP contribution in [0.15, 0.2) is 52.3 Å². The van der Waals surface area contributed by atoms with Gasteiger partial charge in [-0.05, 0) is 81.6 Å². The van der Waals surface area contributed by atoms with Gasteiger partial charge in [-0.25, -0.2) is 4.39 Å². The molecule has 2 aliphatic rings. The highest BCUT2D eigenvalue weighted by Crippen LogP contribution is 2.48. The van der Waals surface area contributed by atoms with Gasteiger partial charge in [0.05, 0.1) is 11.4 Å². The predicted octanol–water partition coefficient (Wildman–Crippen LogP) is 5.94. The number of para-hydroxylation sites is 1. The number of hydrogen-bond donors (Lipinski definition) is 0. The van der Waals surface area contributed by atoms with Crippen molar-refractivity contribution in [3.63, 3.8) is 0 Å². The molecular formula is C22H27FN2S. The van der Waals surface area contributed by atoms with Gasteiger partial charge >= 0.3 is 0 Å². The second-order valence-electron chi connectivity index (χ2n) is 7.56. The first-order chi connectivity index (χ1) is 12.7. The number of benzene rings is 2. The van der Waals surface area contributed by atoms with Crippen molar-refractivity contribution in [2.75, 3.05) is 31.1 Å². The third-order valence-corrected chi connectivity index (χ3v) is 6.70. The van der Waals surface area contributed by atoms with E-state index >= 15 is 0 Å². The Morgan fingerprint density at radius 3 is 2.54 bits per heavy atom. The molecule has 2 nitrogen and oxygen atoms in total. The van der Waals surface area contributed by atoms with Crippen LogP contribution < -0.4 is 4.90 Å². The van der Waals surface area contributed by atoms with Crippen LogP contribution >= 0.6 is 11.8 Å². The van der Waals surface area contributed by atoms with E-state index in [4.69, 9.17) is 0 Å². The monoisotopic (exact) mass is 370 g/mol. The number of fused-ring (bicyclic) bond motifs is 2. The first-order valence-electron chi connectivity index (χ1n) is 9.77. The Hall–Kier alpha value is -1.52. The molecule has 0 aliphatic carbocycles. The van der Waals surface area contributed by atoms with E-state index in [0.717, 1.165) is 29.5 Å². The zero-order chi connectivity index (χ0) is 17.9. The fraction of sp³-hybridized carbons (Fsp3) is 0.455. The van der Waals surface area contributed by atoms with Crippen molar-refractivity contribution in [3.8, 4) is 0 Å². The van der Waals surface area contributed by atoms with Gasteiger partial charge in [0.2, 0.25) is 0 Å². The molecule has 1 fully saturated rings. The van der Waals surface area contributed by atoms with Gasteiger partial charge in [0.1, 0.15) is 5.82 Å². The molecule has 26 heavy (non-hydrogen) atoms. The lowest BCUT2D eigenvalue weighted by Crippen LogP contribution is -2.34. The molecule has 0 bridgehead atoms. The average molecular weight is 371 g/mol. The summed E-state index contributed by atoms with van der Waals surface area (Å²) in [5.74, 6) is 0.733. The highest BCUT2D eigenvalue weighted by Gasteiger charge is 2.23. The van der Waals surface area contributed by atoms with Crippen LogP contribution in [0.4, 0.5) is 15.8 Å². The molecule has 0 unspecified atom stereocenters. The molecule has 4 heteroatoms. The molecule has 1 saturated heterocycles. The Labute approximate surface area is 160 Å². The quantitative estimate of drug-likeness (QED) is 0.601.